The van der Waals surface area contributed by atoms with E-state index in [-0.39, 0.29) is 23.8 Å². The van der Waals surface area contributed by atoms with Crippen LogP contribution in [0.5, 0.6) is 0 Å². The number of ether oxygens (including phenoxy) is 2. The van der Waals surface area contributed by atoms with Crippen LogP contribution < -0.4 is 5.69 Å². The monoisotopic (exact) mass is 584 g/mol. The zero-order valence-corrected chi connectivity index (χ0v) is 24.0. The summed E-state index contributed by atoms with van der Waals surface area (Å²) >= 11 is 0. The molecule has 3 aromatic heterocycles. The zero-order valence-electron chi connectivity index (χ0n) is 24.0. The molecule has 0 bridgehead atoms. The van der Waals surface area contributed by atoms with Crippen LogP contribution >= 0.6 is 0 Å². The van der Waals surface area contributed by atoms with Gasteiger partial charge in [0.05, 0.1) is 12.1 Å². The molecule has 0 saturated carbocycles. The van der Waals surface area contributed by atoms with E-state index in [0.717, 1.165) is 24.9 Å². The van der Waals surface area contributed by atoms with E-state index >= 15 is 4.39 Å². The maximum Gasteiger partial charge on any atom is 0.330 e. The largest absolute Gasteiger partial charge is 0.381 e. The highest BCUT2D eigenvalue weighted by Gasteiger charge is 2.45. The highest BCUT2D eigenvalue weighted by molar-refractivity contribution is 6.02. The van der Waals surface area contributed by atoms with Crippen LogP contribution in [-0.2, 0) is 22.4 Å². The predicted octanol–water partition coefficient (Wildman–Crippen LogP) is 4.83. The summed E-state index contributed by atoms with van der Waals surface area (Å²) in [6.07, 6.45) is 0.374. The minimum Gasteiger partial charge on any atom is -0.381 e. The van der Waals surface area contributed by atoms with Gasteiger partial charge in [0.15, 0.2) is 5.65 Å². The van der Waals surface area contributed by atoms with Crippen molar-refractivity contribution in [3.05, 3.63) is 52.7 Å². The van der Waals surface area contributed by atoms with Gasteiger partial charge in [0.1, 0.15) is 11.2 Å². The first-order valence-electron chi connectivity index (χ1n) is 14.3. The molecule has 0 spiro atoms. The number of aromatic nitrogens is 5. The number of halogens is 3. The average Bonchev–Trinajstić information content (AvgIpc) is 3.47. The maximum atomic E-state index is 15.5. The molecule has 6 rings (SSSR count). The number of pyridine rings is 1. The maximum absolute atomic E-state index is 15.5. The molecular weight excluding hydrogens is 549 g/mol. The first-order chi connectivity index (χ1) is 20.1. The van der Waals surface area contributed by atoms with Gasteiger partial charge >= 0.3 is 18.0 Å². The van der Waals surface area contributed by atoms with Gasteiger partial charge in [0.25, 0.3) is 0 Å². The topological polar surface area (TPSA) is 87.3 Å². The molecule has 1 atom stereocenters. The van der Waals surface area contributed by atoms with Crippen molar-refractivity contribution in [2.45, 2.75) is 51.4 Å². The summed E-state index contributed by atoms with van der Waals surface area (Å²) in [7, 11) is 1.67. The first-order valence-corrected chi connectivity index (χ1v) is 14.3. The molecule has 1 aromatic carbocycles. The standard InChI is InChI=1S/C30H35F3N6O3/c1-29(2)10-11-38(18-29)12-15-42-30(33,27(31)32)24-7-5-20(17-34-24)19-4-6-23-22(16-19)25-26(36-35-23)37(3)28(40)39(25)21-8-13-41-14-9-21/h4-7,16-17,21,27H,8-15,18H2,1-3H3. The van der Waals surface area contributed by atoms with E-state index in [2.05, 4.69) is 33.9 Å². The summed E-state index contributed by atoms with van der Waals surface area (Å²) in [5.74, 6) is -3.32. The van der Waals surface area contributed by atoms with Gasteiger partial charge in [0.2, 0.25) is 0 Å². The first kappa shape index (κ1) is 28.8. The van der Waals surface area contributed by atoms with Crippen LogP contribution in [0.4, 0.5) is 13.2 Å². The lowest BCUT2D eigenvalue weighted by Crippen LogP contribution is -2.37. The second-order valence-corrected chi connectivity index (χ2v) is 12.1. The number of fused-ring (bicyclic) bond motifs is 3. The van der Waals surface area contributed by atoms with Gasteiger partial charge < -0.3 is 14.4 Å². The van der Waals surface area contributed by atoms with E-state index < -0.39 is 18.0 Å². The van der Waals surface area contributed by atoms with Crippen LogP contribution in [0.15, 0.2) is 41.3 Å². The molecule has 12 heteroatoms. The van der Waals surface area contributed by atoms with Crippen LogP contribution in [0.1, 0.15) is 44.8 Å². The van der Waals surface area contributed by atoms with E-state index in [1.54, 1.807) is 23.7 Å². The zero-order chi connectivity index (χ0) is 29.6. The molecule has 2 aliphatic rings. The molecule has 0 amide bonds. The van der Waals surface area contributed by atoms with Gasteiger partial charge in [0, 0.05) is 56.5 Å². The molecule has 2 aliphatic heterocycles. The van der Waals surface area contributed by atoms with Crippen molar-refractivity contribution in [1.29, 1.82) is 0 Å². The molecule has 0 radical (unpaired) electrons. The quantitative estimate of drug-likeness (QED) is 0.293. The Labute approximate surface area is 241 Å². The Bertz CT molecular complexity index is 1650. The normalized spacial score (nSPS) is 19.7. The Hall–Kier alpha value is -3.35. The third kappa shape index (κ3) is 5.20. The fourth-order valence-corrected chi connectivity index (χ4v) is 6.11. The van der Waals surface area contributed by atoms with Gasteiger partial charge in [-0.25, -0.2) is 13.6 Å². The van der Waals surface area contributed by atoms with Crippen LogP contribution in [0.25, 0.3) is 33.2 Å². The van der Waals surface area contributed by atoms with Crippen molar-refractivity contribution >= 4 is 22.1 Å². The molecule has 1 unspecified atom stereocenters. The van der Waals surface area contributed by atoms with Crippen molar-refractivity contribution < 1.29 is 22.6 Å². The number of hydrogen-bond donors (Lipinski definition) is 0. The number of imidazole rings is 1. The summed E-state index contributed by atoms with van der Waals surface area (Å²) < 4.78 is 57.4. The summed E-state index contributed by atoms with van der Waals surface area (Å²) in [5.41, 5.74) is 2.57. The highest BCUT2D eigenvalue weighted by Crippen LogP contribution is 2.36. The molecular formula is C30H35F3N6O3. The number of likely N-dealkylation sites (tertiary alicyclic amines) is 1. The molecule has 224 valence electrons. The Balaban J connectivity index is 1.29. The molecule has 2 fully saturated rings. The Morgan fingerprint density at radius 3 is 2.57 bits per heavy atom. The van der Waals surface area contributed by atoms with Gasteiger partial charge in [-0.3, -0.25) is 14.1 Å². The minimum absolute atomic E-state index is 0.0315. The predicted molar refractivity (Wildman–Crippen MR) is 152 cm³/mol. The number of rotatable bonds is 8. The molecule has 5 heterocycles. The smallest absolute Gasteiger partial charge is 0.330 e. The van der Waals surface area contributed by atoms with E-state index in [4.69, 9.17) is 9.47 Å². The van der Waals surface area contributed by atoms with Crippen LogP contribution in [-0.4, -0.2) is 75.1 Å². The summed E-state index contributed by atoms with van der Waals surface area (Å²) in [6.45, 7) is 7.28. The Morgan fingerprint density at radius 2 is 1.90 bits per heavy atom. The van der Waals surface area contributed by atoms with E-state index in [1.807, 2.05) is 12.1 Å². The SMILES string of the molecule is Cn1c(=O)n(C2CCOCC2)c2c3cc(-c4ccc(C(F)(OCCN5CCC(C)(C)C5)C(F)F)nc4)ccc3nnc21. The third-order valence-electron chi connectivity index (χ3n) is 8.53. The van der Waals surface area contributed by atoms with E-state index in [1.165, 1.54) is 16.8 Å². The second kappa shape index (κ2) is 11.1. The highest BCUT2D eigenvalue weighted by atomic mass is 19.3. The number of hydrogen-bond acceptors (Lipinski definition) is 7. The fraction of sp³-hybridized carbons (Fsp3) is 0.533. The lowest BCUT2D eigenvalue weighted by molar-refractivity contribution is -0.233. The molecule has 42 heavy (non-hydrogen) atoms. The third-order valence-corrected chi connectivity index (χ3v) is 8.53. The van der Waals surface area contributed by atoms with Gasteiger partial charge in [-0.1, -0.05) is 26.0 Å². The molecule has 0 aliphatic carbocycles. The lowest BCUT2D eigenvalue weighted by atomic mass is 9.93. The van der Waals surface area contributed by atoms with Crippen LogP contribution in [0.2, 0.25) is 0 Å². The van der Waals surface area contributed by atoms with Crippen molar-refractivity contribution in [3.63, 3.8) is 0 Å². The summed E-state index contributed by atoms with van der Waals surface area (Å²) in [5, 5.41) is 9.37. The number of aryl methyl sites for hydroxylation is 1. The van der Waals surface area contributed by atoms with Crippen LogP contribution in [0, 0.1) is 5.41 Å². The van der Waals surface area contributed by atoms with Crippen molar-refractivity contribution in [2.75, 3.05) is 39.5 Å². The summed E-state index contributed by atoms with van der Waals surface area (Å²) in [4.78, 5) is 19.4. The van der Waals surface area contributed by atoms with Gasteiger partial charge in [-0.2, -0.15) is 4.39 Å². The van der Waals surface area contributed by atoms with E-state index in [9.17, 15) is 13.6 Å². The van der Waals surface area contributed by atoms with Gasteiger partial charge in [-0.05, 0) is 55.0 Å². The van der Waals surface area contributed by atoms with Crippen molar-refractivity contribution in [1.82, 2.24) is 29.2 Å². The molecule has 2 saturated heterocycles. The summed E-state index contributed by atoms with van der Waals surface area (Å²) in [6, 6.07) is 8.24. The molecule has 9 nitrogen and oxygen atoms in total. The van der Waals surface area contributed by atoms with Crippen molar-refractivity contribution in [3.8, 4) is 11.1 Å². The van der Waals surface area contributed by atoms with E-state index in [0.29, 0.717) is 60.4 Å². The average molecular weight is 585 g/mol. The number of alkyl halides is 3. The Kier molecular flexibility index (Phi) is 7.57. The fourth-order valence-electron chi connectivity index (χ4n) is 6.11. The minimum atomic E-state index is -3.40. The van der Waals surface area contributed by atoms with Crippen molar-refractivity contribution in [2.24, 2.45) is 12.5 Å². The lowest BCUT2D eigenvalue weighted by Gasteiger charge is -2.26. The molecule has 4 aromatic rings. The van der Waals surface area contributed by atoms with Gasteiger partial charge in [-0.15, -0.1) is 10.2 Å². The number of benzene rings is 1. The van der Waals surface area contributed by atoms with Crippen LogP contribution in [0.3, 0.4) is 0 Å². The number of nitrogens with zero attached hydrogens (tertiary/aromatic N) is 6. The molecule has 0 N–H and O–H groups in total. The second-order valence-electron chi connectivity index (χ2n) is 12.1. The Morgan fingerprint density at radius 1 is 1.14 bits per heavy atom.